The van der Waals surface area contributed by atoms with Gasteiger partial charge >= 0.3 is 5.97 Å². The Bertz CT molecular complexity index is 471. The van der Waals surface area contributed by atoms with Gasteiger partial charge in [0.1, 0.15) is 5.83 Å². The van der Waals surface area contributed by atoms with Gasteiger partial charge in [0, 0.05) is 12.0 Å². The lowest BCUT2D eigenvalue weighted by atomic mass is 9.81. The zero-order valence-electron chi connectivity index (χ0n) is 12.4. The zero-order valence-corrected chi connectivity index (χ0v) is 12.4. The minimum atomic E-state index is -0.117. The number of halogens is 1. The van der Waals surface area contributed by atoms with Gasteiger partial charge in [-0.05, 0) is 63.5 Å². The van der Waals surface area contributed by atoms with Gasteiger partial charge in [0.25, 0.3) is 0 Å². The van der Waals surface area contributed by atoms with E-state index in [0.29, 0.717) is 18.9 Å². The summed E-state index contributed by atoms with van der Waals surface area (Å²) in [6.45, 7) is 4.28. The molecule has 2 aliphatic rings. The highest BCUT2D eigenvalue weighted by Gasteiger charge is 2.23. The monoisotopic (exact) mass is 278 g/mol. The quantitative estimate of drug-likeness (QED) is 0.701. The Balaban J connectivity index is 1.99. The molecule has 0 radical (unpaired) electrons. The van der Waals surface area contributed by atoms with Crippen molar-refractivity contribution in [3.63, 3.8) is 0 Å². The lowest BCUT2D eigenvalue weighted by molar-refractivity contribution is -0.144. The van der Waals surface area contributed by atoms with Gasteiger partial charge in [-0.15, -0.1) is 0 Å². The molecule has 0 bridgehead atoms. The molecule has 0 fully saturated rings. The van der Waals surface area contributed by atoms with E-state index in [1.807, 2.05) is 13.8 Å². The van der Waals surface area contributed by atoms with E-state index in [4.69, 9.17) is 4.74 Å². The molecule has 1 atom stereocenters. The molecule has 0 saturated carbocycles. The van der Waals surface area contributed by atoms with E-state index in [2.05, 4.69) is 6.08 Å². The molecule has 20 heavy (non-hydrogen) atoms. The summed E-state index contributed by atoms with van der Waals surface area (Å²) >= 11 is 0. The third-order valence-electron chi connectivity index (χ3n) is 4.11. The van der Waals surface area contributed by atoms with Gasteiger partial charge in [0.05, 0.1) is 6.61 Å². The summed E-state index contributed by atoms with van der Waals surface area (Å²) in [5.74, 6) is 0.159. The maximum atomic E-state index is 14.0. The van der Waals surface area contributed by atoms with Crippen molar-refractivity contribution in [2.75, 3.05) is 6.61 Å². The molecule has 0 heterocycles. The molecule has 2 rings (SSSR count). The molecular weight excluding hydrogens is 255 g/mol. The van der Waals surface area contributed by atoms with Crippen molar-refractivity contribution in [1.82, 2.24) is 0 Å². The predicted octanol–water partition coefficient (Wildman–Crippen LogP) is 4.63. The molecule has 0 saturated heterocycles. The number of carbonyl (C=O) groups is 1. The fraction of sp³-hybridized carbons (Fsp3) is 0.588. The number of ether oxygens (including phenoxy) is 1. The molecule has 110 valence electrons. The van der Waals surface area contributed by atoms with Crippen molar-refractivity contribution in [2.45, 2.75) is 52.4 Å². The Kier molecular flexibility index (Phi) is 5.16. The standard InChI is InChI=1S/C17H23FO2/c1-3-20-16(19)11-13-7-9-14(10-8-13)17-12(2)5-4-6-15(17)18/h6,9,13H,3-5,7-8,10-11H2,1-2H3. The van der Waals surface area contributed by atoms with Crippen LogP contribution in [-0.4, -0.2) is 12.6 Å². The summed E-state index contributed by atoms with van der Waals surface area (Å²) in [6, 6.07) is 0. The van der Waals surface area contributed by atoms with Crippen molar-refractivity contribution < 1.29 is 13.9 Å². The molecule has 1 unspecified atom stereocenters. The Morgan fingerprint density at radius 1 is 1.40 bits per heavy atom. The highest BCUT2D eigenvalue weighted by molar-refractivity contribution is 5.69. The summed E-state index contributed by atoms with van der Waals surface area (Å²) in [7, 11) is 0. The average Bonchev–Trinajstić information content (AvgIpc) is 2.40. The third-order valence-corrected chi connectivity index (χ3v) is 4.11. The number of allylic oxidation sites excluding steroid dienone is 6. The summed E-state index contributed by atoms with van der Waals surface area (Å²) < 4.78 is 19.0. The third kappa shape index (κ3) is 3.59. The number of rotatable bonds is 4. The second-order valence-electron chi connectivity index (χ2n) is 5.62. The summed E-state index contributed by atoms with van der Waals surface area (Å²) in [6.07, 6.45) is 8.68. The SMILES string of the molecule is CCOC(=O)CC1CC=C(C2=C(C)CCC=C2F)CC1. The first-order chi connectivity index (χ1) is 9.61. The Morgan fingerprint density at radius 2 is 2.20 bits per heavy atom. The number of esters is 1. The zero-order chi connectivity index (χ0) is 14.5. The Morgan fingerprint density at radius 3 is 2.80 bits per heavy atom. The Labute approximate surface area is 120 Å². The van der Waals surface area contributed by atoms with Crippen LogP contribution in [0.5, 0.6) is 0 Å². The maximum Gasteiger partial charge on any atom is 0.306 e. The van der Waals surface area contributed by atoms with Crippen molar-refractivity contribution in [3.8, 4) is 0 Å². The molecule has 0 aromatic heterocycles. The van der Waals surface area contributed by atoms with Crippen molar-refractivity contribution in [3.05, 3.63) is 34.7 Å². The van der Waals surface area contributed by atoms with E-state index in [1.54, 1.807) is 6.08 Å². The highest BCUT2D eigenvalue weighted by Crippen LogP contribution is 2.37. The van der Waals surface area contributed by atoms with Crippen molar-refractivity contribution in [1.29, 1.82) is 0 Å². The second-order valence-corrected chi connectivity index (χ2v) is 5.62. The van der Waals surface area contributed by atoms with Gasteiger partial charge in [-0.1, -0.05) is 11.6 Å². The minimum Gasteiger partial charge on any atom is -0.466 e. The van der Waals surface area contributed by atoms with Gasteiger partial charge in [-0.2, -0.15) is 0 Å². The van der Waals surface area contributed by atoms with E-state index in [0.717, 1.165) is 48.8 Å². The van der Waals surface area contributed by atoms with Crippen LogP contribution in [-0.2, 0) is 9.53 Å². The lowest BCUT2D eigenvalue weighted by Crippen LogP contribution is -2.15. The summed E-state index contributed by atoms with van der Waals surface area (Å²) in [5, 5.41) is 0. The van der Waals surface area contributed by atoms with E-state index in [-0.39, 0.29) is 11.8 Å². The molecule has 0 N–H and O–H groups in total. The van der Waals surface area contributed by atoms with Crippen LogP contribution in [0.1, 0.15) is 52.4 Å². The van der Waals surface area contributed by atoms with E-state index < -0.39 is 0 Å². The van der Waals surface area contributed by atoms with Crippen LogP contribution in [0.25, 0.3) is 0 Å². The number of hydrogen-bond acceptors (Lipinski definition) is 2. The van der Waals surface area contributed by atoms with Crippen LogP contribution in [0.2, 0.25) is 0 Å². The maximum absolute atomic E-state index is 14.0. The summed E-state index contributed by atoms with van der Waals surface area (Å²) in [5.41, 5.74) is 3.10. The smallest absolute Gasteiger partial charge is 0.306 e. The van der Waals surface area contributed by atoms with E-state index >= 15 is 0 Å². The Hall–Kier alpha value is -1.38. The minimum absolute atomic E-state index is 0.0659. The van der Waals surface area contributed by atoms with Crippen LogP contribution >= 0.6 is 0 Å². The predicted molar refractivity (Wildman–Crippen MR) is 77.8 cm³/mol. The second kappa shape index (κ2) is 6.87. The molecule has 3 heteroatoms. The summed E-state index contributed by atoms with van der Waals surface area (Å²) in [4.78, 5) is 11.5. The van der Waals surface area contributed by atoms with Crippen LogP contribution in [0.4, 0.5) is 4.39 Å². The first kappa shape index (κ1) is 15.0. The topological polar surface area (TPSA) is 26.3 Å². The lowest BCUT2D eigenvalue weighted by Gasteiger charge is -2.25. The molecule has 0 amide bonds. The van der Waals surface area contributed by atoms with Gasteiger partial charge in [-0.25, -0.2) is 4.39 Å². The van der Waals surface area contributed by atoms with Crippen LogP contribution in [0.3, 0.4) is 0 Å². The van der Waals surface area contributed by atoms with Crippen LogP contribution in [0, 0.1) is 5.92 Å². The van der Waals surface area contributed by atoms with Crippen molar-refractivity contribution in [2.24, 2.45) is 5.92 Å². The number of carbonyl (C=O) groups excluding carboxylic acids is 1. The van der Waals surface area contributed by atoms with Crippen LogP contribution in [0.15, 0.2) is 34.7 Å². The highest BCUT2D eigenvalue weighted by atomic mass is 19.1. The average molecular weight is 278 g/mol. The first-order valence-electron chi connectivity index (χ1n) is 7.52. The largest absolute Gasteiger partial charge is 0.466 e. The van der Waals surface area contributed by atoms with Gasteiger partial charge in [0.15, 0.2) is 0 Å². The van der Waals surface area contributed by atoms with Gasteiger partial charge in [-0.3, -0.25) is 4.79 Å². The first-order valence-corrected chi connectivity index (χ1v) is 7.52. The fourth-order valence-electron chi connectivity index (χ4n) is 3.03. The molecular formula is C17H23FO2. The molecule has 0 aromatic carbocycles. The molecule has 0 aromatic rings. The van der Waals surface area contributed by atoms with E-state index in [1.165, 1.54) is 0 Å². The normalized spacial score (nSPS) is 23.2. The fourth-order valence-corrected chi connectivity index (χ4v) is 3.03. The van der Waals surface area contributed by atoms with E-state index in [9.17, 15) is 9.18 Å². The number of hydrogen-bond donors (Lipinski definition) is 0. The molecule has 2 aliphatic carbocycles. The molecule has 0 spiro atoms. The van der Waals surface area contributed by atoms with Crippen molar-refractivity contribution >= 4 is 5.97 Å². The molecule has 2 nitrogen and oxygen atoms in total. The van der Waals surface area contributed by atoms with Gasteiger partial charge in [0.2, 0.25) is 0 Å². The van der Waals surface area contributed by atoms with Crippen LogP contribution < -0.4 is 0 Å². The van der Waals surface area contributed by atoms with Gasteiger partial charge < -0.3 is 4.74 Å². The molecule has 0 aliphatic heterocycles.